The second-order valence-electron chi connectivity index (χ2n) is 5.78. The molecule has 9 heteroatoms. The maximum Gasteiger partial charge on any atom is 0.244 e. The summed E-state index contributed by atoms with van der Waals surface area (Å²) in [5.74, 6) is 0.209. The molecule has 0 aliphatic rings. The van der Waals surface area contributed by atoms with Crippen molar-refractivity contribution in [1.29, 1.82) is 0 Å². The lowest BCUT2D eigenvalue weighted by atomic mass is 10.1. The van der Waals surface area contributed by atoms with E-state index < -0.39 is 20.0 Å². The van der Waals surface area contributed by atoms with Crippen LogP contribution in [-0.4, -0.2) is 37.0 Å². The molecule has 0 fully saturated rings. The van der Waals surface area contributed by atoms with Gasteiger partial charge >= 0.3 is 0 Å². The number of rotatable bonds is 9. The Labute approximate surface area is 154 Å². The van der Waals surface area contributed by atoms with Gasteiger partial charge in [0.05, 0.1) is 12.0 Å². The minimum atomic E-state index is -3.79. The summed E-state index contributed by atoms with van der Waals surface area (Å²) in [5.41, 5.74) is 0. The summed E-state index contributed by atoms with van der Waals surface area (Å²) in [6.45, 7) is 4.37. The Morgan fingerprint density at radius 1 is 0.885 bits per heavy atom. The van der Waals surface area contributed by atoms with Gasteiger partial charge in [0, 0.05) is 18.5 Å². The Bertz CT molecular complexity index is 986. The number of hydrogen-bond donors (Lipinski definition) is 2. The Hall–Kier alpha value is -1.68. The first-order valence-electron chi connectivity index (χ1n) is 8.37. The smallest absolute Gasteiger partial charge is 0.244 e. The van der Waals surface area contributed by atoms with E-state index in [2.05, 4.69) is 9.44 Å². The molecular weight excluding hydrogens is 376 g/mol. The molecule has 0 radical (unpaired) electrons. The quantitative estimate of drug-likeness (QED) is 0.672. The zero-order valence-electron chi connectivity index (χ0n) is 15.1. The molecule has 0 saturated carbocycles. The van der Waals surface area contributed by atoms with Crippen LogP contribution >= 0.6 is 0 Å². The molecule has 2 rings (SSSR count). The highest BCUT2D eigenvalue weighted by molar-refractivity contribution is 7.90. The van der Waals surface area contributed by atoms with E-state index in [4.69, 9.17) is 4.74 Å². The van der Waals surface area contributed by atoms with E-state index in [9.17, 15) is 16.8 Å². The van der Waals surface area contributed by atoms with Crippen molar-refractivity contribution >= 4 is 30.8 Å². The zero-order chi connectivity index (χ0) is 19.4. The van der Waals surface area contributed by atoms with Crippen molar-refractivity contribution < 1.29 is 21.6 Å². The van der Waals surface area contributed by atoms with Crippen molar-refractivity contribution in [3.8, 4) is 5.75 Å². The molecule has 0 unspecified atom stereocenters. The summed E-state index contributed by atoms with van der Waals surface area (Å²) >= 11 is 0. The number of fused-ring (bicyclic) bond motifs is 1. The molecule has 0 bridgehead atoms. The predicted molar refractivity (Wildman–Crippen MR) is 101 cm³/mol. The lowest BCUT2D eigenvalue weighted by Crippen LogP contribution is -2.25. The number of methoxy groups -OCH3 is 1. The summed E-state index contributed by atoms with van der Waals surface area (Å²) < 4.78 is 60.3. The van der Waals surface area contributed by atoms with E-state index in [0.29, 0.717) is 36.7 Å². The van der Waals surface area contributed by atoms with E-state index in [0.717, 1.165) is 0 Å². The molecular formula is C17H24N2O5S2. The van der Waals surface area contributed by atoms with Gasteiger partial charge in [-0.3, -0.25) is 0 Å². The molecule has 0 heterocycles. The SMILES string of the molecule is CCCNS(=O)(=O)c1ccc2c(S(=O)(=O)NCCC)c(OC)ccc2c1. The number of sulfonamides is 2. The zero-order valence-corrected chi connectivity index (χ0v) is 16.7. The van der Waals surface area contributed by atoms with Gasteiger partial charge in [-0.05, 0) is 36.4 Å². The third-order valence-electron chi connectivity index (χ3n) is 3.79. The molecule has 0 saturated heterocycles. The van der Waals surface area contributed by atoms with E-state index in [1.165, 1.54) is 31.4 Å². The second-order valence-corrected chi connectivity index (χ2v) is 9.25. The standard InChI is InChI=1S/C17H24N2O5S2/c1-4-10-18-25(20,21)14-7-8-15-13(12-14)6-9-16(24-3)17(15)26(22,23)19-11-5-2/h6-9,12,18-19H,4-5,10-11H2,1-3H3. The van der Waals surface area contributed by atoms with Crippen molar-refractivity contribution in [2.75, 3.05) is 20.2 Å². The fourth-order valence-electron chi connectivity index (χ4n) is 2.49. The molecule has 0 aromatic heterocycles. The lowest BCUT2D eigenvalue weighted by Gasteiger charge is -2.14. The summed E-state index contributed by atoms with van der Waals surface area (Å²) in [6.07, 6.45) is 1.33. The topological polar surface area (TPSA) is 102 Å². The molecule has 0 atom stereocenters. The van der Waals surface area contributed by atoms with E-state index in [-0.39, 0.29) is 15.5 Å². The molecule has 7 nitrogen and oxygen atoms in total. The molecule has 0 aliphatic heterocycles. The largest absolute Gasteiger partial charge is 0.495 e. The van der Waals surface area contributed by atoms with Crippen molar-refractivity contribution in [3.05, 3.63) is 30.3 Å². The highest BCUT2D eigenvalue weighted by atomic mass is 32.2. The van der Waals surface area contributed by atoms with Crippen molar-refractivity contribution in [1.82, 2.24) is 9.44 Å². The molecule has 26 heavy (non-hydrogen) atoms. The first kappa shape index (κ1) is 20.6. The van der Waals surface area contributed by atoms with Gasteiger partial charge < -0.3 is 4.74 Å². The van der Waals surface area contributed by atoms with Gasteiger partial charge in [-0.1, -0.05) is 26.0 Å². The fourth-order valence-corrected chi connectivity index (χ4v) is 5.17. The van der Waals surface area contributed by atoms with Gasteiger partial charge in [0.25, 0.3) is 0 Å². The second kappa shape index (κ2) is 8.34. The number of nitrogens with one attached hydrogen (secondary N) is 2. The Morgan fingerprint density at radius 3 is 2.08 bits per heavy atom. The molecule has 2 N–H and O–H groups in total. The highest BCUT2D eigenvalue weighted by Gasteiger charge is 2.23. The summed E-state index contributed by atoms with van der Waals surface area (Å²) in [5, 5.41) is 0.907. The minimum Gasteiger partial charge on any atom is -0.495 e. The van der Waals surface area contributed by atoms with Gasteiger partial charge in [-0.2, -0.15) is 0 Å². The Balaban J connectivity index is 2.63. The lowest BCUT2D eigenvalue weighted by molar-refractivity contribution is 0.403. The molecule has 0 spiro atoms. The van der Waals surface area contributed by atoms with Crippen LogP contribution in [0.1, 0.15) is 26.7 Å². The van der Waals surface area contributed by atoms with Crippen LogP contribution < -0.4 is 14.2 Å². The van der Waals surface area contributed by atoms with Crippen LogP contribution in [0, 0.1) is 0 Å². The van der Waals surface area contributed by atoms with Gasteiger partial charge in [0.2, 0.25) is 20.0 Å². The average molecular weight is 401 g/mol. The molecule has 2 aromatic carbocycles. The van der Waals surface area contributed by atoms with Crippen LogP contribution in [-0.2, 0) is 20.0 Å². The first-order chi connectivity index (χ1) is 12.3. The van der Waals surface area contributed by atoms with Gasteiger partial charge in [-0.15, -0.1) is 0 Å². The summed E-state index contributed by atoms with van der Waals surface area (Å²) in [6, 6.07) is 7.54. The number of benzene rings is 2. The van der Waals surface area contributed by atoms with Crippen molar-refractivity contribution in [3.63, 3.8) is 0 Å². The van der Waals surface area contributed by atoms with Crippen molar-refractivity contribution in [2.24, 2.45) is 0 Å². The Kier molecular flexibility index (Phi) is 6.62. The average Bonchev–Trinajstić information content (AvgIpc) is 2.63. The summed E-state index contributed by atoms with van der Waals surface area (Å²) in [4.78, 5) is 0.102. The molecule has 0 aliphatic carbocycles. The normalized spacial score (nSPS) is 12.4. The fraction of sp³-hybridized carbons (Fsp3) is 0.412. The van der Waals surface area contributed by atoms with Crippen LogP contribution in [0.4, 0.5) is 0 Å². The number of ether oxygens (including phenoxy) is 1. The predicted octanol–water partition coefficient (Wildman–Crippen LogP) is 2.22. The van der Waals surface area contributed by atoms with E-state index in [1.54, 1.807) is 6.07 Å². The maximum absolute atomic E-state index is 12.7. The summed E-state index contributed by atoms with van der Waals surface area (Å²) in [7, 11) is -6.04. The molecule has 144 valence electrons. The van der Waals surface area contributed by atoms with E-state index >= 15 is 0 Å². The molecule has 0 amide bonds. The van der Waals surface area contributed by atoms with Crippen LogP contribution in [0.3, 0.4) is 0 Å². The highest BCUT2D eigenvalue weighted by Crippen LogP contribution is 2.33. The third-order valence-corrected chi connectivity index (χ3v) is 6.79. The number of hydrogen-bond acceptors (Lipinski definition) is 5. The van der Waals surface area contributed by atoms with Crippen LogP contribution in [0.25, 0.3) is 10.8 Å². The van der Waals surface area contributed by atoms with Gasteiger partial charge in [0.15, 0.2) is 0 Å². The monoisotopic (exact) mass is 400 g/mol. The Morgan fingerprint density at radius 2 is 1.50 bits per heavy atom. The van der Waals surface area contributed by atoms with Crippen LogP contribution in [0.15, 0.2) is 40.1 Å². The van der Waals surface area contributed by atoms with Gasteiger partial charge in [0.1, 0.15) is 10.6 Å². The molecule has 2 aromatic rings. The third kappa shape index (κ3) is 4.35. The van der Waals surface area contributed by atoms with E-state index in [1.807, 2.05) is 13.8 Å². The van der Waals surface area contributed by atoms with Crippen LogP contribution in [0.2, 0.25) is 0 Å². The minimum absolute atomic E-state index is 0.0106. The van der Waals surface area contributed by atoms with Crippen LogP contribution in [0.5, 0.6) is 5.75 Å². The maximum atomic E-state index is 12.7. The van der Waals surface area contributed by atoms with Gasteiger partial charge in [-0.25, -0.2) is 26.3 Å². The van der Waals surface area contributed by atoms with Crippen molar-refractivity contribution in [2.45, 2.75) is 36.5 Å². The first-order valence-corrected chi connectivity index (χ1v) is 11.3.